The molecule has 0 aliphatic carbocycles. The van der Waals surface area contributed by atoms with E-state index in [1.165, 1.54) is 6.07 Å². The SMILES string of the molecule is O=S(=O)(Nc1ccc(Cl)cc1NS(=O)(=O)c1ccc(OC(F)(F)F)cc1)c1ccc(OC(F)(F)F)cc1. The van der Waals surface area contributed by atoms with Gasteiger partial charge in [0, 0.05) is 5.02 Å². The van der Waals surface area contributed by atoms with Crippen molar-refractivity contribution in [3.8, 4) is 11.5 Å². The Morgan fingerprint density at radius 2 is 0.973 bits per heavy atom. The lowest BCUT2D eigenvalue weighted by Gasteiger charge is -2.16. The summed E-state index contributed by atoms with van der Waals surface area (Å²) in [7, 11) is -8.90. The molecule has 8 nitrogen and oxygen atoms in total. The molecule has 3 aromatic carbocycles. The second-order valence-electron chi connectivity index (χ2n) is 6.94. The van der Waals surface area contributed by atoms with E-state index in [4.69, 9.17) is 11.6 Å². The van der Waals surface area contributed by atoms with Crippen LogP contribution < -0.4 is 18.9 Å². The lowest BCUT2D eigenvalue weighted by Crippen LogP contribution is -2.19. The van der Waals surface area contributed by atoms with Crippen molar-refractivity contribution in [1.82, 2.24) is 0 Å². The molecule has 0 unspecified atom stereocenters. The Hall–Kier alpha value is -3.37. The number of halogens is 7. The Balaban J connectivity index is 1.85. The van der Waals surface area contributed by atoms with Gasteiger partial charge in [0.15, 0.2) is 0 Å². The molecule has 0 radical (unpaired) electrons. The molecule has 0 aliphatic heterocycles. The molecule has 0 aromatic heterocycles. The van der Waals surface area contributed by atoms with Gasteiger partial charge >= 0.3 is 12.7 Å². The summed E-state index contributed by atoms with van der Waals surface area (Å²) in [5.41, 5.74) is -0.677. The molecule has 0 spiro atoms. The highest BCUT2D eigenvalue weighted by Crippen LogP contribution is 2.32. The van der Waals surface area contributed by atoms with Crippen molar-refractivity contribution < 1.29 is 52.7 Å². The van der Waals surface area contributed by atoms with E-state index in [1.54, 1.807) is 0 Å². The monoisotopic (exact) mass is 590 g/mol. The van der Waals surface area contributed by atoms with E-state index in [-0.39, 0.29) is 16.4 Å². The third kappa shape index (κ3) is 8.06. The number of alkyl halides is 6. The van der Waals surface area contributed by atoms with Crippen LogP contribution in [0.3, 0.4) is 0 Å². The highest BCUT2D eigenvalue weighted by molar-refractivity contribution is 7.93. The summed E-state index contributed by atoms with van der Waals surface area (Å²) in [5.74, 6) is -1.34. The van der Waals surface area contributed by atoms with Crippen molar-refractivity contribution in [3.05, 3.63) is 71.8 Å². The molecule has 17 heteroatoms. The number of ether oxygens (including phenoxy) is 2. The molecule has 200 valence electrons. The highest BCUT2D eigenvalue weighted by Gasteiger charge is 2.32. The van der Waals surface area contributed by atoms with E-state index >= 15 is 0 Å². The van der Waals surface area contributed by atoms with Crippen LogP contribution in [0.5, 0.6) is 11.5 Å². The largest absolute Gasteiger partial charge is 0.573 e. The first-order chi connectivity index (χ1) is 16.9. The number of rotatable bonds is 8. The fourth-order valence-corrected chi connectivity index (χ4v) is 5.06. The van der Waals surface area contributed by atoms with Gasteiger partial charge in [-0.15, -0.1) is 26.3 Å². The van der Waals surface area contributed by atoms with Crippen LogP contribution in [-0.4, -0.2) is 29.6 Å². The topological polar surface area (TPSA) is 111 Å². The fourth-order valence-electron chi connectivity index (χ4n) is 2.74. The Morgan fingerprint density at radius 1 is 0.595 bits per heavy atom. The zero-order valence-corrected chi connectivity index (χ0v) is 20.2. The smallest absolute Gasteiger partial charge is 0.406 e. The molecule has 0 saturated heterocycles. The molecule has 0 fully saturated rings. The second-order valence-corrected chi connectivity index (χ2v) is 10.7. The van der Waals surface area contributed by atoms with Crippen molar-refractivity contribution in [1.29, 1.82) is 0 Å². The Morgan fingerprint density at radius 3 is 1.35 bits per heavy atom. The van der Waals surface area contributed by atoms with Crippen molar-refractivity contribution in [2.75, 3.05) is 9.44 Å². The lowest BCUT2D eigenvalue weighted by atomic mass is 10.3. The van der Waals surface area contributed by atoms with E-state index in [2.05, 4.69) is 18.9 Å². The zero-order chi connectivity index (χ0) is 27.6. The summed E-state index contributed by atoms with van der Waals surface area (Å²) in [6.07, 6.45) is -9.98. The minimum Gasteiger partial charge on any atom is -0.406 e. The molecule has 2 N–H and O–H groups in total. The third-order valence-corrected chi connectivity index (χ3v) is 7.20. The molecule has 0 atom stereocenters. The van der Waals surface area contributed by atoms with Gasteiger partial charge in [0.2, 0.25) is 0 Å². The van der Waals surface area contributed by atoms with Gasteiger partial charge in [-0.2, -0.15) is 0 Å². The molecular weight excluding hydrogens is 578 g/mol. The maximum Gasteiger partial charge on any atom is 0.573 e. The maximum atomic E-state index is 12.7. The van der Waals surface area contributed by atoms with Gasteiger partial charge in [-0.3, -0.25) is 9.44 Å². The van der Waals surface area contributed by atoms with E-state index in [0.717, 1.165) is 60.7 Å². The number of nitrogens with one attached hydrogen (secondary N) is 2. The van der Waals surface area contributed by atoms with Crippen LogP contribution in [-0.2, 0) is 20.0 Å². The van der Waals surface area contributed by atoms with Gasteiger partial charge in [0.25, 0.3) is 20.0 Å². The van der Waals surface area contributed by atoms with Gasteiger partial charge in [0.1, 0.15) is 11.5 Å². The summed E-state index contributed by atoms with van der Waals surface area (Å²) < 4.78 is 136. The third-order valence-electron chi connectivity index (χ3n) is 4.21. The predicted molar refractivity (Wildman–Crippen MR) is 119 cm³/mol. The van der Waals surface area contributed by atoms with E-state index < -0.39 is 54.1 Å². The van der Waals surface area contributed by atoms with Crippen molar-refractivity contribution in [2.45, 2.75) is 22.5 Å². The quantitative estimate of drug-likeness (QED) is 0.324. The zero-order valence-electron chi connectivity index (χ0n) is 17.8. The van der Waals surface area contributed by atoms with Crippen molar-refractivity contribution in [3.63, 3.8) is 0 Å². The van der Waals surface area contributed by atoms with Gasteiger partial charge < -0.3 is 9.47 Å². The Kier molecular flexibility index (Phi) is 7.76. The normalized spacial score (nSPS) is 12.6. The molecule has 37 heavy (non-hydrogen) atoms. The van der Waals surface area contributed by atoms with E-state index in [1.807, 2.05) is 0 Å². The fraction of sp³-hybridized carbons (Fsp3) is 0.100. The molecule has 0 saturated carbocycles. The van der Waals surface area contributed by atoms with Gasteiger partial charge in [-0.1, -0.05) is 11.6 Å². The standard InChI is InChI=1S/C20H13ClF6N2O6S2/c21-12-1-10-17(28-36(30,31)15-6-2-13(3-7-15)34-19(22,23)24)18(11-12)29-37(32,33)16-8-4-14(5-9-16)35-20(25,26)27/h1-11,28-29H. The van der Waals surface area contributed by atoms with E-state index in [0.29, 0.717) is 0 Å². The van der Waals surface area contributed by atoms with Gasteiger partial charge in [-0.05, 0) is 66.7 Å². The summed E-state index contributed by atoms with van der Waals surface area (Å²) in [4.78, 5) is -0.970. The van der Waals surface area contributed by atoms with E-state index in [9.17, 15) is 43.2 Å². The Labute approximate surface area is 210 Å². The molecule has 3 aromatic rings. The molecule has 0 bridgehead atoms. The first-order valence-corrected chi connectivity index (χ1v) is 12.8. The molecule has 0 aliphatic rings. The minimum atomic E-state index is -4.99. The van der Waals surface area contributed by atoms with Gasteiger partial charge in [0.05, 0.1) is 21.2 Å². The van der Waals surface area contributed by atoms with Crippen LogP contribution >= 0.6 is 11.6 Å². The number of sulfonamides is 2. The first-order valence-electron chi connectivity index (χ1n) is 9.50. The van der Waals surface area contributed by atoms with Crippen molar-refractivity contribution in [2.24, 2.45) is 0 Å². The number of benzene rings is 3. The molecular formula is C20H13ClF6N2O6S2. The molecule has 0 heterocycles. The Bertz CT molecular complexity index is 1480. The first kappa shape index (κ1) is 28.2. The van der Waals surface area contributed by atoms with Crippen LogP contribution in [0.1, 0.15) is 0 Å². The number of anilines is 2. The van der Waals surface area contributed by atoms with Gasteiger partial charge in [-0.25, -0.2) is 16.8 Å². The molecule has 0 amide bonds. The maximum absolute atomic E-state index is 12.7. The number of hydrogen-bond acceptors (Lipinski definition) is 6. The van der Waals surface area contributed by atoms with Crippen LogP contribution in [0, 0.1) is 0 Å². The average Bonchev–Trinajstić information content (AvgIpc) is 2.74. The summed E-state index contributed by atoms with van der Waals surface area (Å²) >= 11 is 5.89. The molecule has 3 rings (SSSR count). The van der Waals surface area contributed by atoms with Crippen LogP contribution in [0.15, 0.2) is 76.5 Å². The average molecular weight is 591 g/mol. The van der Waals surface area contributed by atoms with Crippen LogP contribution in [0.4, 0.5) is 37.7 Å². The second kappa shape index (κ2) is 10.2. The summed E-state index contributed by atoms with van der Waals surface area (Å²) in [5, 5.41) is -0.0109. The number of hydrogen-bond donors (Lipinski definition) is 2. The van der Waals surface area contributed by atoms with Crippen LogP contribution in [0.25, 0.3) is 0 Å². The predicted octanol–water partition coefficient (Wildman–Crippen LogP) is 5.74. The lowest BCUT2D eigenvalue weighted by molar-refractivity contribution is -0.275. The summed E-state index contributed by atoms with van der Waals surface area (Å²) in [6, 6.07) is 9.73. The minimum absolute atomic E-state index is 0.0109. The van der Waals surface area contributed by atoms with Crippen LogP contribution in [0.2, 0.25) is 5.02 Å². The summed E-state index contributed by atoms with van der Waals surface area (Å²) in [6.45, 7) is 0. The van der Waals surface area contributed by atoms with Crippen molar-refractivity contribution >= 4 is 43.0 Å². The highest BCUT2D eigenvalue weighted by atomic mass is 35.5.